The molecule has 2 N–H and O–H groups in total. The number of carbonyl (C=O) groups excluding carboxylic acids is 1. The normalized spacial score (nSPS) is 11.6. The number of amides is 1. The molecule has 1 unspecified atom stereocenters. The first-order chi connectivity index (χ1) is 10.2. The van der Waals surface area contributed by atoms with Crippen LogP contribution in [0.2, 0.25) is 0 Å². The standard InChI is InChI=1S/C16H15FN2OS/c1-2-9-18-11-15(20)19-16(14-4-3-10-21-14)12-5-7-13(17)8-6-12/h1,3-8,10,16,18H,9,11H2,(H,19,20). The fraction of sp³-hybridized carbons (Fsp3) is 0.188. The topological polar surface area (TPSA) is 41.1 Å². The Hall–Kier alpha value is -2.16. The number of hydrogen-bond acceptors (Lipinski definition) is 3. The van der Waals surface area contributed by atoms with Crippen molar-refractivity contribution >= 4 is 17.2 Å². The van der Waals surface area contributed by atoms with Crippen LogP contribution in [0.3, 0.4) is 0 Å². The van der Waals surface area contributed by atoms with Crippen molar-refractivity contribution in [2.45, 2.75) is 6.04 Å². The third-order valence-electron chi connectivity index (χ3n) is 2.85. The molecule has 1 heterocycles. The van der Waals surface area contributed by atoms with Crippen LogP contribution in [0, 0.1) is 18.2 Å². The predicted octanol–water partition coefficient (Wildman–Crippen LogP) is 2.32. The molecule has 1 atom stereocenters. The molecule has 3 nitrogen and oxygen atoms in total. The molecule has 21 heavy (non-hydrogen) atoms. The number of halogens is 1. The second kappa shape index (κ2) is 7.58. The Labute approximate surface area is 127 Å². The van der Waals surface area contributed by atoms with Gasteiger partial charge in [-0.25, -0.2) is 4.39 Å². The van der Waals surface area contributed by atoms with Gasteiger partial charge in [0, 0.05) is 4.88 Å². The molecule has 5 heteroatoms. The van der Waals surface area contributed by atoms with Crippen LogP contribution < -0.4 is 10.6 Å². The van der Waals surface area contributed by atoms with E-state index in [-0.39, 0.29) is 24.3 Å². The molecule has 2 rings (SSSR count). The average Bonchev–Trinajstić information content (AvgIpc) is 3.00. The molecular formula is C16H15FN2OS. The maximum Gasteiger partial charge on any atom is 0.234 e. The van der Waals surface area contributed by atoms with Crippen molar-refractivity contribution in [2.24, 2.45) is 0 Å². The predicted molar refractivity (Wildman–Crippen MR) is 82.4 cm³/mol. The van der Waals surface area contributed by atoms with Crippen LogP contribution in [0.4, 0.5) is 4.39 Å². The third-order valence-corrected chi connectivity index (χ3v) is 3.79. The molecule has 0 aliphatic heterocycles. The minimum absolute atomic E-state index is 0.146. The minimum atomic E-state index is -0.300. The number of rotatable bonds is 6. The van der Waals surface area contributed by atoms with Crippen LogP contribution in [0.1, 0.15) is 16.5 Å². The summed E-state index contributed by atoms with van der Waals surface area (Å²) in [5.74, 6) is 1.95. The van der Waals surface area contributed by atoms with Crippen LogP contribution in [0.15, 0.2) is 41.8 Å². The molecule has 0 saturated carbocycles. The third kappa shape index (κ3) is 4.42. The largest absolute Gasteiger partial charge is 0.343 e. The number of nitrogens with one attached hydrogen (secondary N) is 2. The fourth-order valence-corrected chi connectivity index (χ4v) is 2.69. The summed E-state index contributed by atoms with van der Waals surface area (Å²) in [5.41, 5.74) is 0.837. The Morgan fingerprint density at radius 2 is 2.10 bits per heavy atom. The van der Waals surface area contributed by atoms with Gasteiger partial charge in [-0.15, -0.1) is 17.8 Å². The molecular weight excluding hydrogens is 287 g/mol. The van der Waals surface area contributed by atoms with Crippen molar-refractivity contribution in [1.82, 2.24) is 10.6 Å². The van der Waals surface area contributed by atoms with Crippen molar-refractivity contribution < 1.29 is 9.18 Å². The van der Waals surface area contributed by atoms with E-state index in [4.69, 9.17) is 6.42 Å². The minimum Gasteiger partial charge on any atom is -0.343 e. The average molecular weight is 302 g/mol. The van der Waals surface area contributed by atoms with E-state index in [1.165, 1.54) is 23.5 Å². The number of terminal acetylenes is 1. The molecule has 0 bridgehead atoms. The molecule has 108 valence electrons. The lowest BCUT2D eigenvalue weighted by Gasteiger charge is -2.18. The zero-order valence-electron chi connectivity index (χ0n) is 11.3. The summed E-state index contributed by atoms with van der Waals surface area (Å²) in [6.45, 7) is 0.487. The molecule has 1 aromatic heterocycles. The lowest BCUT2D eigenvalue weighted by molar-refractivity contribution is -0.120. The van der Waals surface area contributed by atoms with Crippen LogP contribution in [0.5, 0.6) is 0 Å². The molecule has 0 aliphatic carbocycles. The number of hydrogen-bond donors (Lipinski definition) is 2. The summed E-state index contributed by atoms with van der Waals surface area (Å²) in [5, 5.41) is 7.71. The zero-order valence-corrected chi connectivity index (χ0v) is 12.1. The van der Waals surface area contributed by atoms with Gasteiger partial charge in [0.1, 0.15) is 5.82 Å². The second-order valence-corrected chi connectivity index (χ2v) is 5.35. The van der Waals surface area contributed by atoms with Gasteiger partial charge in [0.25, 0.3) is 0 Å². The Morgan fingerprint density at radius 3 is 2.71 bits per heavy atom. The van der Waals surface area contributed by atoms with Gasteiger partial charge in [0.15, 0.2) is 0 Å². The van der Waals surface area contributed by atoms with Gasteiger partial charge in [-0.1, -0.05) is 24.1 Å². The maximum atomic E-state index is 13.0. The van der Waals surface area contributed by atoms with Gasteiger partial charge in [-0.05, 0) is 29.1 Å². The van der Waals surface area contributed by atoms with E-state index in [9.17, 15) is 9.18 Å². The molecule has 0 fully saturated rings. The van der Waals surface area contributed by atoms with Gasteiger partial charge in [0.2, 0.25) is 5.91 Å². The van der Waals surface area contributed by atoms with Gasteiger partial charge in [0.05, 0.1) is 19.1 Å². The van der Waals surface area contributed by atoms with Gasteiger partial charge in [-0.2, -0.15) is 0 Å². The highest BCUT2D eigenvalue weighted by Gasteiger charge is 2.17. The molecule has 1 amide bonds. The van der Waals surface area contributed by atoms with Crippen molar-refractivity contribution in [3.8, 4) is 12.3 Å². The van der Waals surface area contributed by atoms with Crippen molar-refractivity contribution in [3.05, 3.63) is 58.0 Å². The molecule has 0 radical (unpaired) electrons. The first-order valence-corrected chi connectivity index (χ1v) is 7.31. The Kier molecular flexibility index (Phi) is 5.50. The van der Waals surface area contributed by atoms with E-state index in [1.54, 1.807) is 12.1 Å². The monoisotopic (exact) mass is 302 g/mol. The van der Waals surface area contributed by atoms with E-state index >= 15 is 0 Å². The fourth-order valence-electron chi connectivity index (χ4n) is 1.89. The molecule has 0 spiro atoms. The van der Waals surface area contributed by atoms with Crippen LogP contribution in [-0.2, 0) is 4.79 Å². The smallest absolute Gasteiger partial charge is 0.234 e. The van der Waals surface area contributed by atoms with E-state index in [2.05, 4.69) is 16.6 Å². The van der Waals surface area contributed by atoms with Crippen LogP contribution >= 0.6 is 11.3 Å². The van der Waals surface area contributed by atoms with Crippen molar-refractivity contribution in [2.75, 3.05) is 13.1 Å². The highest BCUT2D eigenvalue weighted by molar-refractivity contribution is 7.10. The Balaban J connectivity index is 2.12. The van der Waals surface area contributed by atoms with Gasteiger partial charge >= 0.3 is 0 Å². The quantitative estimate of drug-likeness (QED) is 0.635. The van der Waals surface area contributed by atoms with Crippen LogP contribution in [-0.4, -0.2) is 19.0 Å². The zero-order chi connectivity index (χ0) is 15.1. The Bertz CT molecular complexity index is 617. The second-order valence-electron chi connectivity index (χ2n) is 4.38. The summed E-state index contributed by atoms with van der Waals surface area (Å²) in [6.07, 6.45) is 5.12. The van der Waals surface area contributed by atoms with E-state index in [0.29, 0.717) is 6.54 Å². The van der Waals surface area contributed by atoms with Crippen LogP contribution in [0.25, 0.3) is 0 Å². The first kappa shape index (κ1) is 15.2. The lowest BCUT2D eigenvalue weighted by Crippen LogP contribution is -2.36. The molecule has 0 aliphatic rings. The Morgan fingerprint density at radius 1 is 1.33 bits per heavy atom. The summed E-state index contributed by atoms with van der Waals surface area (Å²) in [7, 11) is 0. The van der Waals surface area contributed by atoms with E-state index in [0.717, 1.165) is 10.4 Å². The lowest BCUT2D eigenvalue weighted by atomic mass is 10.1. The van der Waals surface area contributed by atoms with Gasteiger partial charge in [-0.3, -0.25) is 10.1 Å². The van der Waals surface area contributed by atoms with E-state index in [1.807, 2.05) is 17.5 Å². The number of thiophene rings is 1. The summed E-state index contributed by atoms with van der Waals surface area (Å²) < 4.78 is 13.0. The maximum absolute atomic E-state index is 13.0. The van der Waals surface area contributed by atoms with Crippen molar-refractivity contribution in [3.63, 3.8) is 0 Å². The molecule has 0 saturated heterocycles. The number of carbonyl (C=O) groups is 1. The summed E-state index contributed by atoms with van der Waals surface area (Å²) >= 11 is 1.54. The SMILES string of the molecule is C#CCNCC(=O)NC(c1ccc(F)cc1)c1cccs1. The summed E-state index contributed by atoms with van der Waals surface area (Å²) in [4.78, 5) is 12.9. The molecule has 1 aromatic carbocycles. The summed E-state index contributed by atoms with van der Waals surface area (Å²) in [6, 6.07) is 9.69. The highest BCUT2D eigenvalue weighted by atomic mass is 32.1. The number of benzene rings is 1. The highest BCUT2D eigenvalue weighted by Crippen LogP contribution is 2.26. The molecule has 2 aromatic rings. The van der Waals surface area contributed by atoms with Crippen molar-refractivity contribution in [1.29, 1.82) is 0 Å². The van der Waals surface area contributed by atoms with Gasteiger partial charge < -0.3 is 5.32 Å². The first-order valence-electron chi connectivity index (χ1n) is 6.43. The van der Waals surface area contributed by atoms with E-state index < -0.39 is 0 Å².